The molecule has 0 radical (unpaired) electrons. The van der Waals surface area contributed by atoms with E-state index in [1.54, 1.807) is 6.92 Å². The van der Waals surface area contributed by atoms with E-state index in [0.717, 1.165) is 92.7 Å². The fourth-order valence-electron chi connectivity index (χ4n) is 10.9. The monoisotopic (exact) mass is 893 g/mol. The van der Waals surface area contributed by atoms with Gasteiger partial charge in [0.25, 0.3) is 0 Å². The number of aliphatic hydroxyl groups excluding tert-OH is 1. The van der Waals surface area contributed by atoms with Gasteiger partial charge in [0.1, 0.15) is 11.3 Å². The van der Waals surface area contributed by atoms with Crippen molar-refractivity contribution in [2.45, 2.75) is 183 Å². The molecule has 4 aliphatic rings. The van der Waals surface area contributed by atoms with Crippen molar-refractivity contribution in [2.24, 2.45) is 23.7 Å². The molecule has 5 heterocycles. The fourth-order valence-corrected chi connectivity index (χ4v) is 10.9. The van der Waals surface area contributed by atoms with Crippen LogP contribution in [0.1, 0.15) is 214 Å². The van der Waals surface area contributed by atoms with E-state index < -0.39 is 5.97 Å². The number of aromatic amines is 3. The van der Waals surface area contributed by atoms with E-state index in [2.05, 4.69) is 88.5 Å². The number of aryl methyl sites for hydroxylation is 2. The molecule has 1 aliphatic carbocycles. The largest absolute Gasteiger partial charge is 0.512 e. The van der Waals surface area contributed by atoms with Crippen molar-refractivity contribution in [3.8, 4) is 17.0 Å². The molecule has 6 rings (SSSR count). The van der Waals surface area contributed by atoms with E-state index in [1.165, 1.54) is 58.5 Å². The number of nitrogens with one attached hydrogen (secondary N) is 3. The molecule has 3 aliphatic heterocycles. The second-order valence-corrected chi connectivity index (χ2v) is 20.7. The summed E-state index contributed by atoms with van der Waals surface area (Å²) in [5.74, 6) is 1.97. The summed E-state index contributed by atoms with van der Waals surface area (Å²) < 4.78 is 11.2. The van der Waals surface area contributed by atoms with Crippen LogP contribution in [0.2, 0.25) is 0 Å². The first kappa shape index (κ1) is 49.7. The van der Waals surface area contributed by atoms with Gasteiger partial charge in [-0.2, -0.15) is 0 Å². The van der Waals surface area contributed by atoms with Crippen LogP contribution >= 0.6 is 0 Å². The molecule has 7 atom stereocenters. The van der Waals surface area contributed by atoms with Gasteiger partial charge in [0.05, 0.1) is 30.7 Å². The minimum atomic E-state index is -0.640. The zero-order chi connectivity index (χ0) is 47.3. The lowest BCUT2D eigenvalue weighted by atomic mass is 9.85. The minimum Gasteiger partial charge on any atom is -0.512 e. The topological polar surface area (TPSA) is 153 Å². The molecule has 2 aromatic rings. The molecule has 0 saturated heterocycles. The van der Waals surface area contributed by atoms with Crippen LogP contribution in [0.4, 0.5) is 0 Å². The van der Waals surface area contributed by atoms with Gasteiger partial charge in [-0.3, -0.25) is 9.78 Å². The van der Waals surface area contributed by atoms with Gasteiger partial charge in [0, 0.05) is 80.1 Å². The van der Waals surface area contributed by atoms with Gasteiger partial charge in [-0.25, -0.2) is 4.79 Å². The summed E-state index contributed by atoms with van der Waals surface area (Å²) >= 11 is 0. The lowest BCUT2D eigenvalue weighted by Crippen LogP contribution is -2.12. The predicted molar refractivity (Wildman–Crippen MR) is 265 cm³/mol. The number of methoxy groups -OCH3 is 1. The normalized spacial score (nSPS) is 19.5. The molecule has 0 fully saturated rings. The Morgan fingerprint density at radius 1 is 0.769 bits per heavy atom. The number of aromatic hydroxyl groups is 1. The second kappa shape index (κ2) is 21.7. The molecule has 2 aromatic heterocycles. The third-order valence-corrected chi connectivity index (χ3v) is 15.2. The number of nitrogens with zero attached hydrogens (tertiary/aromatic N) is 1. The number of hydrogen-bond acceptors (Lipinski definition) is 7. The molecule has 0 amide bonds. The van der Waals surface area contributed by atoms with Gasteiger partial charge in [-0.1, -0.05) is 113 Å². The summed E-state index contributed by atoms with van der Waals surface area (Å²) in [6.07, 6.45) is 14.0. The fraction of sp³-hybridized carbons (Fsp3) is 0.618. The van der Waals surface area contributed by atoms with E-state index in [-0.39, 0.29) is 53.1 Å². The molecule has 7 unspecified atom stereocenters. The Kier molecular flexibility index (Phi) is 16.6. The molecule has 5 N–H and O–H groups in total. The van der Waals surface area contributed by atoms with Gasteiger partial charge >= 0.3 is 11.9 Å². The van der Waals surface area contributed by atoms with Crippen LogP contribution in [0.25, 0.3) is 39.0 Å². The van der Waals surface area contributed by atoms with Crippen molar-refractivity contribution in [1.82, 2.24) is 19.9 Å². The third kappa shape index (κ3) is 11.1. The van der Waals surface area contributed by atoms with Gasteiger partial charge < -0.3 is 34.6 Å². The van der Waals surface area contributed by atoms with Gasteiger partial charge in [0.15, 0.2) is 0 Å². The third-order valence-electron chi connectivity index (χ3n) is 15.2. The summed E-state index contributed by atoms with van der Waals surface area (Å²) in [5.41, 5.74) is 8.86. The quantitative estimate of drug-likeness (QED) is 0.0554. The van der Waals surface area contributed by atoms with Crippen molar-refractivity contribution in [3.05, 3.63) is 62.9 Å². The Labute approximate surface area is 388 Å². The predicted octanol–water partition coefficient (Wildman–Crippen LogP) is 13.8. The number of rotatable bonds is 20. The number of carbonyl (C=O) groups is 2. The molecular formula is C55H80N4O6. The Balaban J connectivity index is 1.23. The van der Waals surface area contributed by atoms with Crippen molar-refractivity contribution >= 4 is 39.6 Å². The Morgan fingerprint density at radius 3 is 1.97 bits per heavy atom. The maximum absolute atomic E-state index is 13.6. The van der Waals surface area contributed by atoms with E-state index in [4.69, 9.17) is 14.5 Å². The second-order valence-electron chi connectivity index (χ2n) is 20.7. The molecule has 8 bridgehead atoms. The summed E-state index contributed by atoms with van der Waals surface area (Å²) in [6.45, 7) is 24.2. The highest BCUT2D eigenvalue weighted by molar-refractivity contribution is 6.12. The number of fused-ring (bicyclic) bond motifs is 8. The first-order chi connectivity index (χ1) is 30.9. The number of carbonyl (C=O) groups excluding carboxylic acids is 2. The molecule has 10 nitrogen and oxygen atoms in total. The molecule has 65 heavy (non-hydrogen) atoms. The number of aromatic nitrogens is 4. The van der Waals surface area contributed by atoms with Crippen molar-refractivity contribution in [3.63, 3.8) is 0 Å². The van der Waals surface area contributed by atoms with Crippen molar-refractivity contribution in [1.29, 1.82) is 0 Å². The molecule has 0 saturated carbocycles. The SMILES string of the molecule is CCC1c2cc3[nH]c4c(c(O)c(C(=O)OC)c-4c4[nH]c(cc5[nH]c(cc(n2)C1C)c(=C(C)O)c5C)C(C)C4CCC(=O)OCCC(C)CCCC(C)CCCC(C)CCCC(C)C)c3C. The molecule has 0 aromatic carbocycles. The Morgan fingerprint density at radius 2 is 1.37 bits per heavy atom. The standard InChI is InChI=1S/C55H80N4O6/c1-13-39-34(7)41-29-46-48(38(11)60)36(9)43(57-46)27-42-35(8)40(52(58-42)50-51(55(63)64-12)54(62)49-37(10)44(59-53(49)50)28-45(39)56-41)23-24-47(61)65-26-25-33(6)22-16-21-32(5)20-15-19-31(4)18-14-17-30(2)3/h27-35,39-40,57-60,62H,13-26H2,1-12H3. The maximum Gasteiger partial charge on any atom is 0.342 e. The lowest BCUT2D eigenvalue weighted by molar-refractivity contribution is -0.144. The summed E-state index contributed by atoms with van der Waals surface area (Å²) in [4.78, 5) is 43.2. The summed E-state index contributed by atoms with van der Waals surface area (Å²) in [6, 6.07) is 6.19. The first-order valence-electron chi connectivity index (χ1n) is 25.0. The highest BCUT2D eigenvalue weighted by Gasteiger charge is 2.38. The number of aliphatic hydroxyl groups is 1. The first-order valence-corrected chi connectivity index (χ1v) is 25.0. The van der Waals surface area contributed by atoms with E-state index in [9.17, 15) is 19.8 Å². The molecule has 0 spiro atoms. The average molecular weight is 893 g/mol. The van der Waals surface area contributed by atoms with Crippen LogP contribution in [0, 0.1) is 37.5 Å². The number of ether oxygens (including phenoxy) is 2. The van der Waals surface area contributed by atoms with Gasteiger partial charge in [-0.05, 0) is 93.0 Å². The molecule has 356 valence electrons. The molecular weight excluding hydrogens is 813 g/mol. The summed E-state index contributed by atoms with van der Waals surface area (Å²) in [5, 5.41) is 24.2. The van der Waals surface area contributed by atoms with Crippen LogP contribution < -0.4 is 5.22 Å². The van der Waals surface area contributed by atoms with E-state index >= 15 is 0 Å². The number of esters is 2. The maximum atomic E-state index is 13.6. The van der Waals surface area contributed by atoms with Gasteiger partial charge in [0.2, 0.25) is 0 Å². The molecule has 10 heteroatoms. The average Bonchev–Trinajstić information content (AvgIpc) is 4.00. The smallest absolute Gasteiger partial charge is 0.342 e. The number of hydrogen-bond donors (Lipinski definition) is 5. The zero-order valence-corrected chi connectivity index (χ0v) is 41.7. The Hall–Kier alpha value is -4.73. The van der Waals surface area contributed by atoms with Crippen LogP contribution in [-0.2, 0) is 14.3 Å². The highest BCUT2D eigenvalue weighted by atomic mass is 16.5. The van der Waals surface area contributed by atoms with Crippen LogP contribution in [-0.4, -0.2) is 55.8 Å². The summed E-state index contributed by atoms with van der Waals surface area (Å²) in [7, 11) is 1.32. The van der Waals surface area contributed by atoms with Crippen LogP contribution in [0.5, 0.6) is 5.75 Å². The minimum absolute atomic E-state index is 0.0909. The van der Waals surface area contributed by atoms with E-state index in [1.807, 2.05) is 13.8 Å². The van der Waals surface area contributed by atoms with Gasteiger partial charge in [-0.15, -0.1) is 0 Å². The van der Waals surface area contributed by atoms with Crippen molar-refractivity contribution in [2.75, 3.05) is 13.7 Å². The van der Waals surface area contributed by atoms with E-state index in [0.29, 0.717) is 35.6 Å². The van der Waals surface area contributed by atoms with Crippen LogP contribution in [0.15, 0.2) is 18.2 Å². The highest BCUT2D eigenvalue weighted by Crippen LogP contribution is 2.52. The Bertz CT molecular complexity index is 2470. The number of H-pyrrole nitrogens is 3. The lowest BCUT2D eigenvalue weighted by Gasteiger charge is -2.18. The zero-order valence-electron chi connectivity index (χ0n) is 41.7. The van der Waals surface area contributed by atoms with Crippen LogP contribution in [0.3, 0.4) is 0 Å². The van der Waals surface area contributed by atoms with Crippen molar-refractivity contribution < 1.29 is 29.3 Å².